The first-order chi connectivity index (χ1) is 0. The van der Waals surface area contributed by atoms with Crippen molar-refractivity contribution in [3.8, 4) is 0 Å². The summed E-state index contributed by atoms with van der Waals surface area (Å²) in [5, 5.41) is 0. The molecule has 0 aliphatic rings. The average Bonchev–Trinajstić information content (AvgIpc) is 0. The van der Waals surface area contributed by atoms with Gasteiger partial charge < -0.3 is 5.48 Å². The van der Waals surface area contributed by atoms with Crippen LogP contribution in [0, 0.1) is 0 Å². The van der Waals surface area contributed by atoms with Crippen LogP contribution in [0.4, 0.5) is 0 Å². The first kappa shape index (κ1) is 82.5. The molecule has 28 valence electrons. The summed E-state index contributed by atoms with van der Waals surface area (Å²) >= 11 is 0. The fourth-order valence-corrected chi connectivity index (χ4v) is 0. The summed E-state index contributed by atoms with van der Waals surface area (Å²) in [6.45, 7) is 0. The van der Waals surface area contributed by atoms with Gasteiger partial charge in [0, 0.05) is 0 Å². The van der Waals surface area contributed by atoms with Gasteiger partial charge in [0.25, 0.3) is 0 Å². The molecule has 0 bridgehead atoms. The van der Waals surface area contributed by atoms with Gasteiger partial charge in [0.2, 0.25) is 0 Å². The molecule has 2 radical (unpaired) electrons. The van der Waals surface area contributed by atoms with Crippen LogP contribution in [0.5, 0.6) is 0 Å². The third kappa shape index (κ3) is 45.8. The van der Waals surface area contributed by atoms with Crippen LogP contribution in [-0.2, 0) is 55.8 Å². The summed E-state index contributed by atoms with van der Waals surface area (Å²) < 4.78 is 0. The Balaban J connectivity index is 0. The number of hydrogen-bond acceptors (Lipinski definition) is 0. The van der Waals surface area contributed by atoms with Gasteiger partial charge in [-0.25, -0.2) is 0 Å². The molecule has 0 aromatic rings. The zero-order valence-electron chi connectivity index (χ0n) is 4.44. The van der Waals surface area contributed by atoms with Crippen LogP contribution >= 0.6 is 0 Å². The van der Waals surface area contributed by atoms with Crippen molar-refractivity contribution in [3.63, 3.8) is 0 Å². The second kappa shape index (κ2) is 59.3. The molecular formula is CoLi3MnNiO+7. The summed E-state index contributed by atoms with van der Waals surface area (Å²) in [5.41, 5.74) is 0. The summed E-state index contributed by atoms with van der Waals surface area (Å²) in [6.07, 6.45) is 0. The standard InChI is InChI=1S/Co.3Li.Mn.Ni.O/q+2;3*+1;2*+2;-2. The normalized spacial score (nSPS) is 0. The summed E-state index contributed by atoms with van der Waals surface area (Å²) in [4.78, 5) is 0. The molecule has 7 heteroatoms. The molecule has 0 fully saturated rings. The molecule has 0 rings (SSSR count). The molecule has 0 unspecified atom stereocenters. The number of rotatable bonds is 0. The molecule has 0 atom stereocenters. The first-order valence-electron chi connectivity index (χ1n) is 0. The van der Waals surface area contributed by atoms with E-state index in [-0.39, 0.29) is 112 Å². The van der Waals surface area contributed by atoms with Crippen LogP contribution in [-0.4, -0.2) is 0 Å². The maximum absolute atomic E-state index is 0. The molecule has 0 saturated carbocycles. The van der Waals surface area contributed by atoms with E-state index in [4.69, 9.17) is 0 Å². The van der Waals surface area contributed by atoms with E-state index in [1.54, 1.807) is 0 Å². The molecule has 0 spiro atoms. The quantitative estimate of drug-likeness (QED) is 0.355. The van der Waals surface area contributed by atoms with Gasteiger partial charge in [-0.3, -0.25) is 0 Å². The van der Waals surface area contributed by atoms with Crippen molar-refractivity contribution in [1.29, 1.82) is 0 Å². The van der Waals surface area contributed by atoms with Crippen molar-refractivity contribution in [2.75, 3.05) is 0 Å². The van der Waals surface area contributed by atoms with E-state index in [1.807, 2.05) is 0 Å². The Bertz CT molecular complexity index is 14.9. The molecule has 7 heavy (non-hydrogen) atoms. The van der Waals surface area contributed by atoms with Crippen molar-refractivity contribution >= 4 is 0 Å². The molecule has 0 aliphatic carbocycles. The maximum atomic E-state index is 0. The summed E-state index contributed by atoms with van der Waals surface area (Å²) in [6, 6.07) is 0. The van der Waals surface area contributed by atoms with Gasteiger partial charge in [-0.2, -0.15) is 0 Å². The van der Waals surface area contributed by atoms with Gasteiger partial charge in [0.15, 0.2) is 0 Å². The molecule has 0 aliphatic heterocycles. The Morgan fingerprint density at radius 3 is 0.714 bits per heavy atom. The molecule has 0 amide bonds. The Hall–Kier alpha value is 3.27. The van der Waals surface area contributed by atoms with Gasteiger partial charge in [-0.05, 0) is 0 Å². The van der Waals surface area contributed by atoms with Gasteiger partial charge >= 0.3 is 107 Å². The molecule has 0 saturated heterocycles. The van der Waals surface area contributed by atoms with Crippen molar-refractivity contribution in [3.05, 3.63) is 0 Å². The van der Waals surface area contributed by atoms with Crippen LogP contribution in [0.15, 0.2) is 0 Å². The van der Waals surface area contributed by atoms with Gasteiger partial charge in [-0.1, -0.05) is 0 Å². The Morgan fingerprint density at radius 1 is 0.714 bits per heavy atom. The van der Waals surface area contributed by atoms with Crippen LogP contribution in [0.2, 0.25) is 0 Å². The topological polar surface area (TPSA) is 28.5 Å². The molecular weight excluding hydrogens is 209 g/mol. The van der Waals surface area contributed by atoms with Crippen molar-refractivity contribution < 1.29 is 112 Å². The summed E-state index contributed by atoms with van der Waals surface area (Å²) in [5.74, 6) is 0. The molecule has 0 heterocycles. The zero-order chi connectivity index (χ0) is 0. The van der Waals surface area contributed by atoms with Crippen LogP contribution in [0.1, 0.15) is 0 Å². The van der Waals surface area contributed by atoms with Crippen molar-refractivity contribution in [2.45, 2.75) is 0 Å². The molecule has 1 nitrogen and oxygen atoms in total. The number of hydrogen-bond donors (Lipinski definition) is 0. The van der Waals surface area contributed by atoms with E-state index >= 15 is 0 Å². The maximum Gasteiger partial charge on any atom is 2.00 e. The van der Waals surface area contributed by atoms with E-state index in [2.05, 4.69) is 0 Å². The Morgan fingerprint density at radius 2 is 0.714 bits per heavy atom. The van der Waals surface area contributed by atoms with Gasteiger partial charge in [-0.15, -0.1) is 0 Å². The minimum Gasteiger partial charge on any atom is -2.00 e. The van der Waals surface area contributed by atoms with E-state index < -0.39 is 0 Å². The zero-order valence-corrected chi connectivity index (χ0v) is 7.64. The van der Waals surface area contributed by atoms with E-state index in [0.29, 0.717) is 0 Å². The fraction of sp³-hybridized carbons (Fsp3) is 0. The predicted molar refractivity (Wildman–Crippen MR) is 0.686 cm³/mol. The summed E-state index contributed by atoms with van der Waals surface area (Å²) in [7, 11) is 0. The predicted octanol–water partition coefficient (Wildman–Crippen LogP) is -9.11. The van der Waals surface area contributed by atoms with Crippen LogP contribution < -0.4 is 56.6 Å². The molecule has 0 aromatic heterocycles. The Kier molecular flexibility index (Phi) is 698. The monoisotopic (exact) mass is 209 g/mol. The van der Waals surface area contributed by atoms with Crippen molar-refractivity contribution in [2.24, 2.45) is 0 Å². The largest absolute Gasteiger partial charge is 2.00 e. The molecule has 0 aromatic carbocycles. The average molecular weight is 209 g/mol. The van der Waals surface area contributed by atoms with Crippen LogP contribution in [0.3, 0.4) is 0 Å². The smallest absolute Gasteiger partial charge is 2.00 e. The second-order valence-electron chi connectivity index (χ2n) is 0. The fourth-order valence-electron chi connectivity index (χ4n) is 0. The third-order valence-electron chi connectivity index (χ3n) is 0. The van der Waals surface area contributed by atoms with Gasteiger partial charge in [0.1, 0.15) is 0 Å². The SMILES string of the molecule is [Co+2].[Li+].[Li+].[Li+].[Mn+2].[Ni+2].[O-2]. The van der Waals surface area contributed by atoms with Gasteiger partial charge in [0.05, 0.1) is 0 Å². The minimum absolute atomic E-state index is 0. The first-order valence-corrected chi connectivity index (χ1v) is 0. The van der Waals surface area contributed by atoms with E-state index in [0.717, 1.165) is 0 Å². The van der Waals surface area contributed by atoms with E-state index in [1.165, 1.54) is 0 Å². The second-order valence-corrected chi connectivity index (χ2v) is 0. The minimum atomic E-state index is 0. The van der Waals surface area contributed by atoms with Crippen LogP contribution in [0.25, 0.3) is 0 Å². The van der Waals surface area contributed by atoms with Crippen molar-refractivity contribution in [1.82, 2.24) is 0 Å². The Labute approximate surface area is 111 Å². The van der Waals surface area contributed by atoms with E-state index in [9.17, 15) is 0 Å². The molecule has 0 N–H and O–H groups in total. The third-order valence-corrected chi connectivity index (χ3v) is 0.